The highest BCUT2D eigenvalue weighted by molar-refractivity contribution is 6.39. The van der Waals surface area contributed by atoms with E-state index in [0.29, 0.717) is 24.3 Å². The molecule has 10 heteroatoms. The molecular weight excluding hydrogens is 483 g/mol. The van der Waals surface area contributed by atoms with Crippen LogP contribution < -0.4 is 11.1 Å². The maximum atomic E-state index is 13.6. The second-order valence-corrected chi connectivity index (χ2v) is 9.17. The lowest BCUT2D eigenvalue weighted by Gasteiger charge is -2.37. The van der Waals surface area contributed by atoms with Crippen molar-refractivity contribution in [3.63, 3.8) is 0 Å². The molecule has 2 atom stereocenters. The Morgan fingerprint density at radius 3 is 2.46 bits per heavy atom. The standard InChI is InChI=1S/C27H28F3N5O2/c1-3-17-12-20(14-33-24(17)31)34-25(36)26(37)35(15-19-10-9-18(13-32-19)27(28,29)30)23-11-8-16(2)21-6-4-5-7-22(21)23/h4-7,9-10,12-14,16,23H,3,8,11,15H2,1-2H3,(H2,31,33)(H,34,36). The van der Waals surface area contributed by atoms with E-state index in [0.717, 1.165) is 35.4 Å². The number of aryl methyl sites for hydroxylation is 1. The molecular formula is C27H28F3N5O2. The number of halogens is 3. The van der Waals surface area contributed by atoms with Crippen LogP contribution in [-0.4, -0.2) is 26.7 Å². The van der Waals surface area contributed by atoms with E-state index in [1.165, 1.54) is 17.2 Å². The molecule has 2 heterocycles. The molecule has 0 bridgehead atoms. The van der Waals surface area contributed by atoms with Gasteiger partial charge in [-0.3, -0.25) is 14.6 Å². The number of benzene rings is 1. The van der Waals surface area contributed by atoms with Crippen molar-refractivity contribution in [3.05, 3.63) is 82.8 Å². The van der Waals surface area contributed by atoms with Crippen LogP contribution in [-0.2, 0) is 28.7 Å². The van der Waals surface area contributed by atoms with Gasteiger partial charge in [-0.15, -0.1) is 0 Å². The Kier molecular flexibility index (Phi) is 7.47. The molecule has 37 heavy (non-hydrogen) atoms. The summed E-state index contributed by atoms with van der Waals surface area (Å²) in [6.07, 6.45) is -0.431. The van der Waals surface area contributed by atoms with E-state index in [9.17, 15) is 22.8 Å². The summed E-state index contributed by atoms with van der Waals surface area (Å²) in [6.45, 7) is 3.87. The van der Waals surface area contributed by atoms with E-state index in [1.54, 1.807) is 6.07 Å². The van der Waals surface area contributed by atoms with Gasteiger partial charge in [0, 0.05) is 6.20 Å². The monoisotopic (exact) mass is 511 g/mol. The highest BCUT2D eigenvalue weighted by Gasteiger charge is 2.35. The van der Waals surface area contributed by atoms with E-state index < -0.39 is 29.6 Å². The van der Waals surface area contributed by atoms with Crippen LogP contribution in [0.25, 0.3) is 0 Å². The van der Waals surface area contributed by atoms with Gasteiger partial charge >= 0.3 is 18.0 Å². The highest BCUT2D eigenvalue weighted by atomic mass is 19.4. The van der Waals surface area contributed by atoms with Gasteiger partial charge in [-0.2, -0.15) is 13.2 Å². The molecule has 3 N–H and O–H groups in total. The number of rotatable bonds is 5. The highest BCUT2D eigenvalue weighted by Crippen LogP contribution is 2.41. The molecule has 0 fully saturated rings. The first-order chi connectivity index (χ1) is 17.6. The van der Waals surface area contributed by atoms with E-state index in [2.05, 4.69) is 22.2 Å². The molecule has 1 aliphatic rings. The fraction of sp³-hybridized carbons (Fsp3) is 0.333. The third-order valence-electron chi connectivity index (χ3n) is 6.72. The molecule has 1 aliphatic carbocycles. The molecule has 2 aromatic heterocycles. The van der Waals surface area contributed by atoms with Crippen molar-refractivity contribution in [1.82, 2.24) is 14.9 Å². The lowest BCUT2D eigenvalue weighted by Crippen LogP contribution is -2.43. The smallest absolute Gasteiger partial charge is 0.383 e. The molecule has 0 saturated heterocycles. The van der Waals surface area contributed by atoms with Gasteiger partial charge in [0.2, 0.25) is 0 Å². The van der Waals surface area contributed by atoms with E-state index in [1.807, 2.05) is 31.2 Å². The number of nitrogens with one attached hydrogen (secondary N) is 1. The van der Waals surface area contributed by atoms with Crippen LogP contribution in [0.15, 0.2) is 54.9 Å². The predicted octanol–water partition coefficient (Wildman–Crippen LogP) is 5.25. The Morgan fingerprint density at radius 1 is 1.08 bits per heavy atom. The molecule has 4 rings (SSSR count). The number of anilines is 2. The van der Waals surface area contributed by atoms with E-state index >= 15 is 0 Å². The maximum absolute atomic E-state index is 13.6. The number of nitrogen functional groups attached to an aromatic ring is 1. The Morgan fingerprint density at radius 2 is 1.81 bits per heavy atom. The summed E-state index contributed by atoms with van der Waals surface area (Å²) in [5.41, 5.74) is 8.25. The van der Waals surface area contributed by atoms with Crippen molar-refractivity contribution >= 4 is 23.3 Å². The number of carbonyl (C=O) groups excluding carboxylic acids is 2. The number of carbonyl (C=O) groups is 2. The van der Waals surface area contributed by atoms with Crippen LogP contribution in [0.4, 0.5) is 24.7 Å². The average molecular weight is 512 g/mol. The Balaban J connectivity index is 1.66. The van der Waals surface area contributed by atoms with Crippen molar-refractivity contribution in [1.29, 1.82) is 0 Å². The van der Waals surface area contributed by atoms with Crippen LogP contribution in [0.5, 0.6) is 0 Å². The van der Waals surface area contributed by atoms with Crippen molar-refractivity contribution in [3.8, 4) is 0 Å². The van der Waals surface area contributed by atoms with E-state index in [4.69, 9.17) is 5.73 Å². The molecule has 7 nitrogen and oxygen atoms in total. The fourth-order valence-electron chi connectivity index (χ4n) is 4.68. The van der Waals surface area contributed by atoms with Gasteiger partial charge in [0.1, 0.15) is 5.82 Å². The minimum atomic E-state index is -4.52. The number of aromatic nitrogens is 2. The molecule has 0 aliphatic heterocycles. The van der Waals surface area contributed by atoms with Gasteiger partial charge in [-0.25, -0.2) is 4.98 Å². The topological polar surface area (TPSA) is 101 Å². The number of pyridine rings is 2. The SMILES string of the molecule is CCc1cc(NC(=O)C(=O)N(Cc2ccc(C(F)(F)F)cn2)C2CCC(C)c3ccccc32)cnc1N. The van der Waals surface area contributed by atoms with Crippen molar-refractivity contribution < 1.29 is 22.8 Å². The number of hydrogen-bond acceptors (Lipinski definition) is 5. The van der Waals surface area contributed by atoms with Crippen molar-refractivity contribution in [2.45, 2.75) is 57.8 Å². The number of nitrogens with zero attached hydrogens (tertiary/aromatic N) is 3. The summed E-state index contributed by atoms with van der Waals surface area (Å²) in [5, 5.41) is 2.59. The van der Waals surface area contributed by atoms with Crippen LogP contribution in [0.3, 0.4) is 0 Å². The van der Waals surface area contributed by atoms with Gasteiger partial charge in [0.05, 0.1) is 35.7 Å². The lowest BCUT2D eigenvalue weighted by molar-refractivity contribution is -0.145. The third-order valence-corrected chi connectivity index (χ3v) is 6.72. The van der Waals surface area contributed by atoms with Crippen LogP contribution >= 0.6 is 0 Å². The third kappa shape index (κ3) is 5.73. The van der Waals surface area contributed by atoms with Gasteiger partial charge in [0.25, 0.3) is 0 Å². The van der Waals surface area contributed by atoms with Crippen LogP contribution in [0.1, 0.15) is 66.6 Å². The summed E-state index contributed by atoms with van der Waals surface area (Å²) in [4.78, 5) is 36.1. The first kappa shape index (κ1) is 26.1. The second-order valence-electron chi connectivity index (χ2n) is 9.17. The fourth-order valence-corrected chi connectivity index (χ4v) is 4.68. The number of nitrogens with two attached hydrogens (primary N) is 1. The molecule has 3 aromatic rings. The molecule has 194 valence electrons. The molecule has 2 unspecified atom stereocenters. The average Bonchev–Trinajstić information content (AvgIpc) is 2.88. The summed E-state index contributed by atoms with van der Waals surface area (Å²) < 4.78 is 39.1. The first-order valence-corrected chi connectivity index (χ1v) is 12.1. The quantitative estimate of drug-likeness (QED) is 0.456. The Hall–Kier alpha value is -3.95. The zero-order valence-corrected chi connectivity index (χ0v) is 20.5. The summed E-state index contributed by atoms with van der Waals surface area (Å²) in [7, 11) is 0. The molecule has 1 aromatic carbocycles. The number of alkyl halides is 3. The summed E-state index contributed by atoms with van der Waals surface area (Å²) in [5.74, 6) is -1.08. The Bertz CT molecular complexity index is 1290. The van der Waals surface area contributed by atoms with Gasteiger partial charge in [0.15, 0.2) is 0 Å². The lowest BCUT2D eigenvalue weighted by atomic mass is 9.80. The van der Waals surface area contributed by atoms with Gasteiger partial charge < -0.3 is 16.0 Å². The molecule has 0 saturated carbocycles. The second kappa shape index (κ2) is 10.6. The molecule has 2 amide bonds. The summed E-state index contributed by atoms with van der Waals surface area (Å²) >= 11 is 0. The first-order valence-electron chi connectivity index (χ1n) is 12.1. The zero-order chi connectivity index (χ0) is 26.7. The van der Waals surface area contributed by atoms with Crippen LogP contribution in [0, 0.1) is 0 Å². The number of hydrogen-bond donors (Lipinski definition) is 2. The zero-order valence-electron chi connectivity index (χ0n) is 20.5. The predicted molar refractivity (Wildman–Crippen MR) is 133 cm³/mol. The van der Waals surface area contributed by atoms with Gasteiger partial charge in [-0.05, 0) is 60.1 Å². The van der Waals surface area contributed by atoms with Crippen molar-refractivity contribution in [2.75, 3.05) is 11.1 Å². The molecule has 0 radical (unpaired) electrons. The van der Waals surface area contributed by atoms with Crippen LogP contribution in [0.2, 0.25) is 0 Å². The van der Waals surface area contributed by atoms with Crippen molar-refractivity contribution in [2.24, 2.45) is 0 Å². The maximum Gasteiger partial charge on any atom is 0.417 e. The summed E-state index contributed by atoms with van der Waals surface area (Å²) in [6, 6.07) is 11.1. The largest absolute Gasteiger partial charge is 0.417 e. The minimum absolute atomic E-state index is 0.127. The van der Waals surface area contributed by atoms with Gasteiger partial charge in [-0.1, -0.05) is 38.1 Å². The number of amides is 2. The Labute approximate surface area is 212 Å². The number of fused-ring (bicyclic) bond motifs is 1. The minimum Gasteiger partial charge on any atom is -0.383 e. The normalized spacial score (nSPS) is 17.1. The van der Waals surface area contributed by atoms with E-state index in [-0.39, 0.29) is 18.2 Å². The molecule has 0 spiro atoms.